The van der Waals surface area contributed by atoms with E-state index in [1.165, 1.54) is 24.3 Å². The molecule has 12 heteroatoms. The molecule has 156 valence electrons. The first kappa shape index (κ1) is 22.5. The maximum atomic E-state index is 12.8. The number of methoxy groups -OCH3 is 1. The molecule has 0 bridgehead atoms. The number of halogens is 4. The Hall–Kier alpha value is -2.79. The van der Waals surface area contributed by atoms with Crippen LogP contribution >= 0.6 is 11.6 Å². The Morgan fingerprint density at radius 1 is 1.10 bits per heavy atom. The summed E-state index contributed by atoms with van der Waals surface area (Å²) >= 11 is 5.76. The summed E-state index contributed by atoms with van der Waals surface area (Å²) in [5.74, 6) is -1.26. The van der Waals surface area contributed by atoms with Gasteiger partial charge in [-0.05, 0) is 42.5 Å². The van der Waals surface area contributed by atoms with Gasteiger partial charge in [0.15, 0.2) is 0 Å². The summed E-state index contributed by atoms with van der Waals surface area (Å²) in [6.45, 7) is -0.349. The number of alkyl halides is 3. The topological polar surface area (TPSA) is 102 Å². The van der Waals surface area contributed by atoms with E-state index in [0.717, 1.165) is 13.2 Å². The van der Waals surface area contributed by atoms with Crippen molar-refractivity contribution in [3.63, 3.8) is 0 Å². The summed E-state index contributed by atoms with van der Waals surface area (Å²) in [4.78, 5) is 22.1. The van der Waals surface area contributed by atoms with E-state index in [4.69, 9.17) is 11.6 Å². The molecule has 1 amide bonds. The predicted octanol–water partition coefficient (Wildman–Crippen LogP) is 3.06. The fraction of sp³-hybridized carbons (Fsp3) is 0.176. The van der Waals surface area contributed by atoms with Gasteiger partial charge in [-0.2, -0.15) is 13.2 Å². The Morgan fingerprint density at radius 2 is 1.72 bits per heavy atom. The zero-order chi connectivity index (χ0) is 21.8. The number of hydrogen-bond donors (Lipinski definition) is 2. The van der Waals surface area contributed by atoms with Gasteiger partial charge >= 0.3 is 12.1 Å². The highest BCUT2D eigenvalue weighted by molar-refractivity contribution is 7.92. The molecular weight excluding hydrogens is 437 g/mol. The molecule has 0 saturated heterocycles. The van der Waals surface area contributed by atoms with E-state index in [1.807, 2.05) is 0 Å². The quantitative estimate of drug-likeness (QED) is 0.659. The van der Waals surface area contributed by atoms with Gasteiger partial charge in [-0.25, -0.2) is 8.42 Å². The molecule has 2 aromatic carbocycles. The van der Waals surface area contributed by atoms with Crippen LogP contribution in [0.2, 0.25) is 5.02 Å². The third-order valence-corrected chi connectivity index (χ3v) is 5.43. The molecule has 29 heavy (non-hydrogen) atoms. The van der Waals surface area contributed by atoms with Crippen LogP contribution in [0.3, 0.4) is 0 Å². The summed E-state index contributed by atoms with van der Waals surface area (Å²) < 4.78 is 69.9. The number of anilines is 1. The fourth-order valence-corrected chi connectivity index (χ4v) is 3.70. The molecule has 7 nitrogen and oxygen atoms in total. The van der Waals surface area contributed by atoms with Crippen LogP contribution in [-0.4, -0.2) is 33.9 Å². The second-order valence-electron chi connectivity index (χ2n) is 5.58. The second-order valence-corrected chi connectivity index (χ2v) is 7.64. The van der Waals surface area contributed by atoms with Crippen molar-refractivity contribution in [2.45, 2.75) is 11.1 Å². The number of rotatable bonds is 6. The number of nitrogens with one attached hydrogen (secondary N) is 2. The van der Waals surface area contributed by atoms with E-state index in [0.29, 0.717) is 12.1 Å². The van der Waals surface area contributed by atoms with Crippen molar-refractivity contribution in [1.29, 1.82) is 0 Å². The van der Waals surface area contributed by atoms with E-state index in [2.05, 4.69) is 14.8 Å². The van der Waals surface area contributed by atoms with E-state index < -0.39 is 38.5 Å². The summed E-state index contributed by atoms with van der Waals surface area (Å²) in [6, 6.07) is 6.92. The smallest absolute Gasteiger partial charge is 0.416 e. The number of sulfonamides is 1. The molecule has 2 N–H and O–H groups in total. The predicted molar refractivity (Wildman–Crippen MR) is 98.1 cm³/mol. The number of ether oxygens (including phenoxy) is 1. The normalized spacial score (nSPS) is 11.6. The lowest BCUT2D eigenvalue weighted by atomic mass is 10.2. The minimum Gasteiger partial charge on any atom is -0.468 e. The van der Waals surface area contributed by atoms with E-state index >= 15 is 0 Å². The highest BCUT2D eigenvalue weighted by atomic mass is 35.5. The first-order valence-electron chi connectivity index (χ1n) is 7.78. The Labute approximate surface area is 168 Å². The van der Waals surface area contributed by atoms with Crippen LogP contribution in [0.1, 0.15) is 15.9 Å². The van der Waals surface area contributed by atoms with Crippen LogP contribution in [0.5, 0.6) is 0 Å². The van der Waals surface area contributed by atoms with Gasteiger partial charge in [0.2, 0.25) is 0 Å². The molecule has 2 aromatic rings. The van der Waals surface area contributed by atoms with E-state index in [1.54, 1.807) is 0 Å². The summed E-state index contributed by atoms with van der Waals surface area (Å²) in [6.07, 6.45) is -4.74. The Morgan fingerprint density at radius 3 is 2.28 bits per heavy atom. The highest BCUT2D eigenvalue weighted by Gasteiger charge is 2.32. The van der Waals surface area contributed by atoms with Crippen molar-refractivity contribution in [1.82, 2.24) is 5.32 Å². The summed E-state index contributed by atoms with van der Waals surface area (Å²) in [5, 5.41) is 1.91. The van der Waals surface area contributed by atoms with Gasteiger partial charge in [0, 0.05) is 11.3 Å². The molecule has 0 aromatic heterocycles. The third kappa shape index (κ3) is 5.84. The lowest BCUT2D eigenvalue weighted by Crippen LogP contribution is -2.30. The van der Waals surface area contributed by atoms with Crippen molar-refractivity contribution in [3.8, 4) is 0 Å². The van der Waals surface area contributed by atoms with Crippen molar-refractivity contribution in [3.05, 3.63) is 58.6 Å². The highest BCUT2D eigenvalue weighted by Crippen LogP contribution is 2.34. The van der Waals surface area contributed by atoms with Gasteiger partial charge in [-0.15, -0.1) is 0 Å². The minimum atomic E-state index is -4.74. The van der Waals surface area contributed by atoms with Gasteiger partial charge in [-0.1, -0.05) is 11.6 Å². The molecular formula is C17H14ClF3N2O5S. The van der Waals surface area contributed by atoms with Gasteiger partial charge in [-0.3, -0.25) is 14.3 Å². The second kappa shape index (κ2) is 8.70. The molecule has 0 heterocycles. The number of hydrogen-bond acceptors (Lipinski definition) is 5. The molecule has 0 aliphatic carbocycles. The molecule has 0 spiro atoms. The molecule has 0 aliphatic rings. The SMILES string of the molecule is COC(=O)CNC(=O)c1ccc(NS(=O)(=O)c2cc(C(F)(F)F)ccc2Cl)cc1. The van der Waals surface area contributed by atoms with Crippen molar-refractivity contribution < 1.29 is 35.9 Å². The molecule has 2 rings (SSSR count). The lowest BCUT2D eigenvalue weighted by molar-refractivity contribution is -0.139. The van der Waals surface area contributed by atoms with Crippen LogP contribution in [0.4, 0.5) is 18.9 Å². The third-order valence-electron chi connectivity index (χ3n) is 3.57. The number of carbonyl (C=O) groups is 2. The standard InChI is InChI=1S/C17H14ClF3N2O5S/c1-28-15(24)9-22-16(25)10-2-5-12(6-3-10)23-29(26,27)14-8-11(17(19,20)21)4-7-13(14)18/h2-8,23H,9H2,1H3,(H,22,25). The molecule has 0 fully saturated rings. The zero-order valence-electron chi connectivity index (χ0n) is 14.7. The van der Waals surface area contributed by atoms with Crippen LogP contribution in [0.15, 0.2) is 47.4 Å². The van der Waals surface area contributed by atoms with Gasteiger partial charge in [0.1, 0.15) is 11.4 Å². The number of benzene rings is 2. The van der Waals surface area contributed by atoms with Crippen molar-refractivity contribution in [2.75, 3.05) is 18.4 Å². The molecule has 0 radical (unpaired) electrons. The van der Waals surface area contributed by atoms with Crippen molar-refractivity contribution in [2.24, 2.45) is 0 Å². The van der Waals surface area contributed by atoms with E-state index in [-0.39, 0.29) is 22.8 Å². The summed E-state index contributed by atoms with van der Waals surface area (Å²) in [7, 11) is -3.27. The lowest BCUT2D eigenvalue weighted by Gasteiger charge is -2.13. The Bertz CT molecular complexity index is 1020. The average Bonchev–Trinajstić information content (AvgIpc) is 2.65. The van der Waals surface area contributed by atoms with Crippen LogP contribution < -0.4 is 10.0 Å². The minimum absolute atomic E-state index is 0.0111. The number of carbonyl (C=O) groups excluding carboxylic acids is 2. The maximum absolute atomic E-state index is 12.8. The fourth-order valence-electron chi connectivity index (χ4n) is 2.11. The largest absolute Gasteiger partial charge is 0.468 e. The van der Waals surface area contributed by atoms with Crippen LogP contribution in [0, 0.1) is 0 Å². The maximum Gasteiger partial charge on any atom is 0.416 e. The molecule has 0 aliphatic heterocycles. The van der Waals surface area contributed by atoms with Crippen molar-refractivity contribution >= 4 is 39.2 Å². The first-order chi connectivity index (χ1) is 13.4. The first-order valence-corrected chi connectivity index (χ1v) is 9.65. The average molecular weight is 451 g/mol. The number of esters is 1. The zero-order valence-corrected chi connectivity index (χ0v) is 16.3. The Kier molecular flexibility index (Phi) is 6.75. The monoisotopic (exact) mass is 450 g/mol. The molecule has 0 atom stereocenters. The van der Waals surface area contributed by atoms with Crippen LogP contribution in [-0.2, 0) is 25.7 Å². The van der Waals surface area contributed by atoms with E-state index in [9.17, 15) is 31.2 Å². The van der Waals surface area contributed by atoms with Gasteiger partial charge < -0.3 is 10.1 Å². The molecule has 0 unspecified atom stereocenters. The van der Waals surface area contributed by atoms with Gasteiger partial charge in [0.25, 0.3) is 15.9 Å². The van der Waals surface area contributed by atoms with Crippen LogP contribution in [0.25, 0.3) is 0 Å². The molecule has 0 saturated carbocycles. The number of amides is 1. The Balaban J connectivity index is 2.19. The summed E-state index contributed by atoms with van der Waals surface area (Å²) in [5.41, 5.74) is -1.06. The van der Waals surface area contributed by atoms with Gasteiger partial charge in [0.05, 0.1) is 17.7 Å².